The molecule has 1 unspecified atom stereocenters. The number of hydrogen-bond acceptors (Lipinski definition) is 5. The van der Waals surface area contributed by atoms with Crippen molar-refractivity contribution in [3.05, 3.63) is 24.2 Å². The molecule has 0 spiro atoms. The van der Waals surface area contributed by atoms with Crippen molar-refractivity contribution in [2.24, 2.45) is 0 Å². The summed E-state index contributed by atoms with van der Waals surface area (Å²) >= 11 is 0. The van der Waals surface area contributed by atoms with Crippen molar-refractivity contribution in [2.45, 2.75) is 37.9 Å². The Morgan fingerprint density at radius 3 is 2.90 bits per heavy atom. The van der Waals surface area contributed by atoms with Crippen LogP contribution in [0, 0.1) is 0 Å². The minimum Gasteiger partial charge on any atom is -0.309 e. The number of hydrogen-bond donors (Lipinski definition) is 1. The van der Waals surface area contributed by atoms with Crippen molar-refractivity contribution in [2.75, 3.05) is 11.5 Å². The van der Waals surface area contributed by atoms with Crippen LogP contribution in [0.3, 0.4) is 0 Å². The smallest absolute Gasteiger partial charge is 0.160 e. The van der Waals surface area contributed by atoms with E-state index in [1.165, 1.54) is 12.8 Å². The molecule has 2 fully saturated rings. The first-order chi connectivity index (χ1) is 10.1. The van der Waals surface area contributed by atoms with Gasteiger partial charge in [-0.05, 0) is 31.4 Å². The molecule has 0 amide bonds. The van der Waals surface area contributed by atoms with Gasteiger partial charge in [0.2, 0.25) is 0 Å². The van der Waals surface area contributed by atoms with Gasteiger partial charge in [-0.1, -0.05) is 0 Å². The molecule has 2 aromatic heterocycles. The van der Waals surface area contributed by atoms with Crippen molar-refractivity contribution < 1.29 is 8.42 Å². The highest BCUT2D eigenvalue weighted by molar-refractivity contribution is 7.91. The first-order valence-corrected chi connectivity index (χ1v) is 9.20. The Kier molecular flexibility index (Phi) is 3.00. The first kappa shape index (κ1) is 13.2. The van der Waals surface area contributed by atoms with Crippen LogP contribution in [0.15, 0.2) is 18.3 Å². The lowest BCUT2D eigenvalue weighted by molar-refractivity contribution is 0.527. The molecule has 2 aliphatic rings. The van der Waals surface area contributed by atoms with Crippen LogP contribution in [0.5, 0.6) is 0 Å². The maximum absolute atomic E-state index is 11.5. The third-order valence-electron chi connectivity index (χ3n) is 4.22. The van der Waals surface area contributed by atoms with Gasteiger partial charge in [0.25, 0.3) is 0 Å². The van der Waals surface area contributed by atoms with E-state index in [4.69, 9.17) is 0 Å². The van der Waals surface area contributed by atoms with Crippen LogP contribution in [-0.4, -0.2) is 40.5 Å². The van der Waals surface area contributed by atoms with Crippen LogP contribution in [-0.2, 0) is 16.4 Å². The summed E-state index contributed by atoms with van der Waals surface area (Å²) in [6.45, 7) is 0.604. The van der Waals surface area contributed by atoms with Gasteiger partial charge in [0.1, 0.15) is 11.3 Å². The van der Waals surface area contributed by atoms with Crippen LogP contribution in [0.4, 0.5) is 0 Å². The number of nitrogens with zero attached hydrogens (tertiary/aromatic N) is 3. The van der Waals surface area contributed by atoms with Gasteiger partial charge < -0.3 is 9.88 Å². The SMILES string of the molecule is O=S1(=O)CCC(NCc2nc3cccnc3n2C2CC2)C1. The van der Waals surface area contributed by atoms with Crippen molar-refractivity contribution in [3.8, 4) is 0 Å². The molecule has 7 heteroatoms. The van der Waals surface area contributed by atoms with Crippen LogP contribution in [0.2, 0.25) is 0 Å². The molecule has 0 bridgehead atoms. The van der Waals surface area contributed by atoms with Gasteiger partial charge in [-0.2, -0.15) is 0 Å². The number of fused-ring (bicyclic) bond motifs is 1. The Bertz CT molecular complexity index is 779. The Morgan fingerprint density at radius 2 is 2.19 bits per heavy atom. The van der Waals surface area contributed by atoms with E-state index in [1.807, 2.05) is 12.1 Å². The van der Waals surface area contributed by atoms with Crippen molar-refractivity contribution in [3.63, 3.8) is 0 Å². The van der Waals surface area contributed by atoms with E-state index in [1.54, 1.807) is 6.20 Å². The molecule has 1 atom stereocenters. The summed E-state index contributed by atoms with van der Waals surface area (Å²) in [6, 6.07) is 4.43. The van der Waals surface area contributed by atoms with Gasteiger partial charge in [-0.15, -0.1) is 0 Å². The first-order valence-electron chi connectivity index (χ1n) is 7.38. The average molecular weight is 306 g/mol. The largest absolute Gasteiger partial charge is 0.309 e. The van der Waals surface area contributed by atoms with Gasteiger partial charge in [-0.3, -0.25) is 0 Å². The number of sulfone groups is 1. The summed E-state index contributed by atoms with van der Waals surface area (Å²) in [5.74, 6) is 1.51. The lowest BCUT2D eigenvalue weighted by Crippen LogP contribution is -2.30. The number of aromatic nitrogens is 3. The monoisotopic (exact) mass is 306 g/mol. The van der Waals surface area contributed by atoms with Crippen LogP contribution < -0.4 is 5.32 Å². The third-order valence-corrected chi connectivity index (χ3v) is 5.98. The predicted octanol–water partition coefficient (Wildman–Crippen LogP) is 1.04. The van der Waals surface area contributed by atoms with Crippen molar-refractivity contribution in [1.29, 1.82) is 0 Å². The standard InChI is InChI=1S/C14H18N4O2S/c19-21(20)7-5-10(9-21)16-8-13-17-12-2-1-6-15-14(12)18(13)11-3-4-11/h1-2,6,10-11,16H,3-5,7-9H2. The second-order valence-electron chi connectivity index (χ2n) is 5.96. The summed E-state index contributed by atoms with van der Waals surface area (Å²) in [4.78, 5) is 9.10. The Morgan fingerprint density at radius 1 is 1.33 bits per heavy atom. The molecule has 0 aromatic carbocycles. The van der Waals surface area contributed by atoms with Gasteiger partial charge in [0, 0.05) is 18.3 Å². The second-order valence-corrected chi connectivity index (χ2v) is 8.18. The van der Waals surface area contributed by atoms with Gasteiger partial charge in [0.15, 0.2) is 15.5 Å². The summed E-state index contributed by atoms with van der Waals surface area (Å²) in [6.07, 6.45) is 4.84. The molecule has 1 N–H and O–H groups in total. The molecule has 1 aliphatic carbocycles. The van der Waals surface area contributed by atoms with E-state index in [0.717, 1.165) is 17.0 Å². The highest BCUT2D eigenvalue weighted by Gasteiger charge is 2.30. The quantitative estimate of drug-likeness (QED) is 0.913. The second kappa shape index (κ2) is 4.78. The molecule has 4 rings (SSSR count). The summed E-state index contributed by atoms with van der Waals surface area (Å²) in [5, 5.41) is 3.35. The maximum Gasteiger partial charge on any atom is 0.160 e. The minimum absolute atomic E-state index is 0.0513. The van der Waals surface area contributed by atoms with E-state index in [9.17, 15) is 8.42 Å². The van der Waals surface area contributed by atoms with Crippen molar-refractivity contribution >= 4 is 21.0 Å². The van der Waals surface area contributed by atoms with E-state index in [-0.39, 0.29) is 11.8 Å². The maximum atomic E-state index is 11.5. The normalized spacial score (nSPS) is 24.7. The zero-order valence-corrected chi connectivity index (χ0v) is 12.5. The Labute approximate surface area is 123 Å². The lowest BCUT2D eigenvalue weighted by atomic mass is 10.2. The topological polar surface area (TPSA) is 76.9 Å². The molecule has 1 saturated heterocycles. The fourth-order valence-corrected chi connectivity index (χ4v) is 4.72. The van der Waals surface area contributed by atoms with E-state index in [0.29, 0.717) is 24.8 Å². The van der Waals surface area contributed by atoms with Crippen LogP contribution in [0.1, 0.15) is 31.1 Å². The fraction of sp³-hybridized carbons (Fsp3) is 0.571. The predicted molar refractivity (Wildman–Crippen MR) is 79.7 cm³/mol. The molecule has 0 radical (unpaired) electrons. The molecule has 21 heavy (non-hydrogen) atoms. The van der Waals surface area contributed by atoms with E-state index >= 15 is 0 Å². The molecule has 3 heterocycles. The lowest BCUT2D eigenvalue weighted by Gasteiger charge is -2.12. The fourth-order valence-electron chi connectivity index (χ4n) is 3.01. The number of rotatable bonds is 4. The summed E-state index contributed by atoms with van der Waals surface area (Å²) in [7, 11) is -2.84. The summed E-state index contributed by atoms with van der Waals surface area (Å²) in [5.41, 5.74) is 1.86. The molecule has 1 saturated carbocycles. The molecule has 2 aromatic rings. The average Bonchev–Trinajstić information content (AvgIpc) is 3.13. The minimum atomic E-state index is -2.84. The molecule has 6 nitrogen and oxygen atoms in total. The summed E-state index contributed by atoms with van der Waals surface area (Å²) < 4.78 is 25.2. The van der Waals surface area contributed by atoms with Gasteiger partial charge in [-0.25, -0.2) is 18.4 Å². The zero-order chi connectivity index (χ0) is 14.4. The van der Waals surface area contributed by atoms with Crippen LogP contribution in [0.25, 0.3) is 11.2 Å². The van der Waals surface area contributed by atoms with E-state index in [2.05, 4.69) is 19.9 Å². The van der Waals surface area contributed by atoms with Crippen LogP contribution >= 0.6 is 0 Å². The molecular weight excluding hydrogens is 288 g/mol. The molecule has 1 aliphatic heterocycles. The number of nitrogens with one attached hydrogen (secondary N) is 1. The van der Waals surface area contributed by atoms with E-state index < -0.39 is 9.84 Å². The Balaban J connectivity index is 1.57. The van der Waals surface area contributed by atoms with Crippen molar-refractivity contribution in [1.82, 2.24) is 19.9 Å². The Hall–Kier alpha value is -1.47. The number of imidazole rings is 1. The zero-order valence-electron chi connectivity index (χ0n) is 11.7. The highest BCUT2D eigenvalue weighted by atomic mass is 32.2. The van der Waals surface area contributed by atoms with Gasteiger partial charge >= 0.3 is 0 Å². The third kappa shape index (κ3) is 2.55. The number of pyridine rings is 1. The highest BCUT2D eigenvalue weighted by Crippen LogP contribution is 2.38. The molecular formula is C14H18N4O2S. The molecule has 112 valence electrons. The van der Waals surface area contributed by atoms with Gasteiger partial charge in [0.05, 0.1) is 18.1 Å².